The quantitative estimate of drug-likeness (QED) is 0.898. The molecule has 0 bridgehead atoms. The minimum absolute atomic E-state index is 0.0419. The summed E-state index contributed by atoms with van der Waals surface area (Å²) < 4.78 is 1.42. The van der Waals surface area contributed by atoms with Gasteiger partial charge in [-0.05, 0) is 19.1 Å². The van der Waals surface area contributed by atoms with E-state index in [9.17, 15) is 9.59 Å². The van der Waals surface area contributed by atoms with Crippen molar-refractivity contribution in [1.29, 1.82) is 5.26 Å². The number of nitrogens with one attached hydrogen (secondary N) is 2. The number of fused-ring (bicyclic) bond motifs is 1. The molecule has 1 atom stereocenters. The van der Waals surface area contributed by atoms with E-state index in [1.165, 1.54) is 4.68 Å². The molecule has 0 fully saturated rings. The second-order valence-electron chi connectivity index (χ2n) is 4.99. The summed E-state index contributed by atoms with van der Waals surface area (Å²) >= 11 is 0. The second kappa shape index (κ2) is 5.33. The summed E-state index contributed by atoms with van der Waals surface area (Å²) in [7, 11) is 0. The predicted octanol–water partition coefficient (Wildman–Crippen LogP) is 1.59. The third-order valence-corrected chi connectivity index (χ3v) is 3.47. The van der Waals surface area contributed by atoms with Crippen LogP contribution in [0.4, 0.5) is 11.5 Å². The van der Waals surface area contributed by atoms with E-state index >= 15 is 0 Å². The van der Waals surface area contributed by atoms with Crippen molar-refractivity contribution in [2.75, 3.05) is 10.6 Å². The Bertz CT molecular complexity index is 788. The molecule has 0 aliphatic carbocycles. The number of aryl methyl sites for hydroxylation is 1. The molecule has 2 aromatic rings. The third-order valence-electron chi connectivity index (χ3n) is 3.47. The molecule has 2 amide bonds. The summed E-state index contributed by atoms with van der Waals surface area (Å²) in [6.45, 7) is 1.69. The zero-order valence-electron chi connectivity index (χ0n) is 11.8. The maximum absolute atomic E-state index is 12.1. The van der Waals surface area contributed by atoms with Crippen LogP contribution in [0.2, 0.25) is 0 Å². The van der Waals surface area contributed by atoms with Gasteiger partial charge in [0.15, 0.2) is 0 Å². The van der Waals surface area contributed by atoms with Crippen molar-refractivity contribution in [3.05, 3.63) is 41.6 Å². The van der Waals surface area contributed by atoms with Gasteiger partial charge < -0.3 is 10.6 Å². The average Bonchev–Trinajstić information content (AvgIpc) is 2.95. The Balaban J connectivity index is 1.78. The highest BCUT2D eigenvalue weighted by atomic mass is 16.2. The van der Waals surface area contributed by atoms with Crippen molar-refractivity contribution < 1.29 is 9.59 Å². The molecule has 1 aliphatic rings. The molecule has 1 aromatic heterocycles. The van der Waals surface area contributed by atoms with Crippen molar-refractivity contribution in [1.82, 2.24) is 9.78 Å². The van der Waals surface area contributed by atoms with Crippen LogP contribution in [0, 0.1) is 18.3 Å². The first kappa shape index (κ1) is 13.8. The van der Waals surface area contributed by atoms with Gasteiger partial charge in [0.2, 0.25) is 5.91 Å². The van der Waals surface area contributed by atoms with Gasteiger partial charge >= 0.3 is 0 Å². The van der Waals surface area contributed by atoms with Gasteiger partial charge in [-0.15, -0.1) is 0 Å². The van der Waals surface area contributed by atoms with Crippen molar-refractivity contribution in [3.8, 4) is 6.07 Å². The van der Waals surface area contributed by atoms with Gasteiger partial charge in [-0.25, -0.2) is 4.68 Å². The Morgan fingerprint density at radius 1 is 1.45 bits per heavy atom. The lowest BCUT2D eigenvalue weighted by Gasteiger charge is -2.10. The van der Waals surface area contributed by atoms with Gasteiger partial charge in [-0.2, -0.15) is 10.4 Å². The second-order valence-corrected chi connectivity index (χ2v) is 4.99. The third kappa shape index (κ3) is 2.31. The number of rotatable bonds is 3. The van der Waals surface area contributed by atoms with Crippen LogP contribution in [-0.2, 0) is 9.59 Å². The highest BCUT2D eigenvalue weighted by Gasteiger charge is 2.36. The van der Waals surface area contributed by atoms with E-state index in [-0.39, 0.29) is 18.2 Å². The highest BCUT2D eigenvalue weighted by Crippen LogP contribution is 2.31. The van der Waals surface area contributed by atoms with E-state index in [0.29, 0.717) is 22.8 Å². The Kier molecular flexibility index (Phi) is 3.35. The number of aromatic nitrogens is 2. The smallest absolute Gasteiger partial charge is 0.251 e. The fourth-order valence-corrected chi connectivity index (χ4v) is 2.43. The molecule has 0 saturated heterocycles. The molecule has 110 valence electrons. The van der Waals surface area contributed by atoms with Crippen molar-refractivity contribution >= 4 is 23.3 Å². The standard InChI is InChI=1S/C15H13N5O2/c1-9-11(8-16)14-18-15(22)12(20(14)19-9)7-13(21)17-10-5-3-2-4-6-10/h2-6,12H,7H2,1H3,(H,17,21)(H,18,22). The lowest BCUT2D eigenvalue weighted by Crippen LogP contribution is -2.23. The fourth-order valence-electron chi connectivity index (χ4n) is 2.43. The minimum Gasteiger partial charge on any atom is -0.326 e. The molecule has 22 heavy (non-hydrogen) atoms. The summed E-state index contributed by atoms with van der Waals surface area (Å²) in [6.07, 6.45) is -0.0419. The number of amides is 2. The summed E-state index contributed by atoms with van der Waals surface area (Å²) in [5.74, 6) is -0.254. The van der Waals surface area contributed by atoms with Crippen LogP contribution in [0.15, 0.2) is 30.3 Å². The molecule has 3 rings (SSSR count). The first-order valence-corrected chi connectivity index (χ1v) is 6.75. The number of benzene rings is 1. The molecule has 1 unspecified atom stereocenters. The van der Waals surface area contributed by atoms with Gasteiger partial charge in [0.25, 0.3) is 5.91 Å². The van der Waals surface area contributed by atoms with Gasteiger partial charge in [0, 0.05) is 5.69 Å². The predicted molar refractivity (Wildman–Crippen MR) is 79.0 cm³/mol. The van der Waals surface area contributed by atoms with E-state index < -0.39 is 6.04 Å². The van der Waals surface area contributed by atoms with Crippen LogP contribution >= 0.6 is 0 Å². The topological polar surface area (TPSA) is 99.8 Å². The number of anilines is 2. The largest absolute Gasteiger partial charge is 0.326 e. The Morgan fingerprint density at radius 3 is 2.86 bits per heavy atom. The first-order chi connectivity index (χ1) is 10.6. The van der Waals surface area contributed by atoms with Crippen molar-refractivity contribution in [2.24, 2.45) is 0 Å². The molecule has 2 N–H and O–H groups in total. The molecule has 7 heteroatoms. The molecule has 7 nitrogen and oxygen atoms in total. The lowest BCUT2D eigenvalue weighted by atomic mass is 10.2. The number of carbonyl (C=O) groups excluding carboxylic acids is 2. The van der Waals surface area contributed by atoms with Crippen molar-refractivity contribution in [3.63, 3.8) is 0 Å². The SMILES string of the molecule is Cc1nn2c(c1C#N)NC(=O)C2CC(=O)Nc1ccccc1. The van der Waals surface area contributed by atoms with Crippen LogP contribution in [0.1, 0.15) is 23.7 Å². The fraction of sp³-hybridized carbons (Fsp3) is 0.200. The lowest BCUT2D eigenvalue weighted by molar-refractivity contribution is -0.123. The minimum atomic E-state index is -0.737. The van der Waals surface area contributed by atoms with Crippen LogP contribution in [-0.4, -0.2) is 21.6 Å². The van der Waals surface area contributed by atoms with E-state index in [0.717, 1.165) is 0 Å². The number of hydrogen-bond donors (Lipinski definition) is 2. The van der Waals surface area contributed by atoms with Gasteiger partial charge in [0.05, 0.1) is 12.1 Å². The van der Waals surface area contributed by atoms with Crippen LogP contribution < -0.4 is 10.6 Å². The maximum atomic E-state index is 12.1. The molecule has 0 spiro atoms. The molecule has 0 saturated carbocycles. The monoisotopic (exact) mass is 295 g/mol. The Morgan fingerprint density at radius 2 is 2.18 bits per heavy atom. The molecule has 2 heterocycles. The van der Waals surface area contributed by atoms with E-state index in [4.69, 9.17) is 5.26 Å². The summed E-state index contributed by atoms with van der Waals surface area (Å²) in [5, 5.41) is 18.6. The number of nitrogens with zero attached hydrogens (tertiary/aromatic N) is 3. The van der Waals surface area contributed by atoms with E-state index in [1.54, 1.807) is 19.1 Å². The Labute approximate surface area is 126 Å². The zero-order chi connectivity index (χ0) is 15.7. The van der Waals surface area contributed by atoms with Gasteiger partial charge in [0.1, 0.15) is 23.5 Å². The summed E-state index contributed by atoms with van der Waals surface area (Å²) in [5.41, 5.74) is 1.53. The molecule has 1 aromatic carbocycles. The maximum Gasteiger partial charge on any atom is 0.251 e. The highest BCUT2D eigenvalue weighted by molar-refractivity contribution is 6.02. The van der Waals surface area contributed by atoms with Crippen LogP contribution in [0.5, 0.6) is 0 Å². The van der Waals surface area contributed by atoms with Crippen molar-refractivity contribution in [2.45, 2.75) is 19.4 Å². The van der Waals surface area contributed by atoms with Crippen LogP contribution in [0.25, 0.3) is 0 Å². The van der Waals surface area contributed by atoms with E-state index in [2.05, 4.69) is 15.7 Å². The number of nitriles is 1. The van der Waals surface area contributed by atoms with Gasteiger partial charge in [-0.1, -0.05) is 18.2 Å². The Hall–Kier alpha value is -3.14. The summed E-state index contributed by atoms with van der Waals surface area (Å²) in [6, 6.07) is 10.3. The normalized spacial score (nSPS) is 15.8. The average molecular weight is 295 g/mol. The van der Waals surface area contributed by atoms with Gasteiger partial charge in [-0.3, -0.25) is 9.59 Å². The molecule has 0 radical (unpaired) electrons. The molecule has 1 aliphatic heterocycles. The number of para-hydroxylation sites is 1. The number of hydrogen-bond acceptors (Lipinski definition) is 4. The van der Waals surface area contributed by atoms with Crippen LogP contribution in [0.3, 0.4) is 0 Å². The summed E-state index contributed by atoms with van der Waals surface area (Å²) in [4.78, 5) is 24.1. The first-order valence-electron chi connectivity index (χ1n) is 6.75. The zero-order valence-corrected chi connectivity index (χ0v) is 11.8. The molecular formula is C15H13N5O2. The van der Waals surface area contributed by atoms with E-state index in [1.807, 2.05) is 24.3 Å². The number of carbonyl (C=O) groups is 2. The molecular weight excluding hydrogens is 282 g/mol.